The Morgan fingerprint density at radius 2 is 2.12 bits per heavy atom. The van der Waals surface area contributed by atoms with Crippen LogP contribution in [-0.2, 0) is 4.79 Å². The summed E-state index contributed by atoms with van der Waals surface area (Å²) in [6, 6.07) is -0.353. The van der Waals surface area contributed by atoms with Crippen LogP contribution in [0.5, 0.6) is 0 Å². The summed E-state index contributed by atoms with van der Waals surface area (Å²) in [5.74, 6) is -0.273. The van der Waals surface area contributed by atoms with E-state index in [0.29, 0.717) is 19.1 Å². The van der Waals surface area contributed by atoms with Crippen LogP contribution in [0.25, 0.3) is 0 Å². The van der Waals surface area contributed by atoms with Gasteiger partial charge in [0, 0.05) is 26.2 Å². The third-order valence-corrected chi connectivity index (χ3v) is 3.27. The number of hydrogen-bond donors (Lipinski definition) is 3. The van der Waals surface area contributed by atoms with Crippen molar-refractivity contribution in [2.45, 2.75) is 38.3 Å². The van der Waals surface area contributed by atoms with E-state index in [2.05, 4.69) is 15.5 Å². The fraction of sp³-hybridized carbons (Fsp3) is 0.818. The maximum atomic E-state index is 11.8. The second kappa shape index (κ2) is 6.56. The molecule has 1 fully saturated rings. The first-order valence-electron chi connectivity index (χ1n) is 6.08. The fourth-order valence-corrected chi connectivity index (χ4v) is 1.99. The highest BCUT2D eigenvalue weighted by Crippen LogP contribution is 2.26. The van der Waals surface area contributed by atoms with Crippen molar-refractivity contribution in [2.24, 2.45) is 5.73 Å². The molecular formula is C11H22N4O2. The minimum absolute atomic E-state index is 0.273. The van der Waals surface area contributed by atoms with Crippen molar-refractivity contribution >= 4 is 11.9 Å². The van der Waals surface area contributed by atoms with Gasteiger partial charge < -0.3 is 11.1 Å². The Kier molecular flexibility index (Phi) is 5.37. The zero-order chi connectivity index (χ0) is 12.8. The number of urea groups is 1. The normalized spacial score (nSPS) is 17.4. The molecule has 17 heavy (non-hydrogen) atoms. The van der Waals surface area contributed by atoms with Crippen LogP contribution < -0.4 is 16.4 Å². The van der Waals surface area contributed by atoms with E-state index < -0.39 is 6.03 Å². The SMILES string of the molecule is CNC(=O)NC(=O)C(C)N(CCN)C1CCC1. The maximum absolute atomic E-state index is 11.8. The molecule has 0 radical (unpaired) electrons. The van der Waals surface area contributed by atoms with E-state index in [9.17, 15) is 9.59 Å². The Balaban J connectivity index is 2.53. The topological polar surface area (TPSA) is 87.5 Å². The summed E-state index contributed by atoms with van der Waals surface area (Å²) in [5, 5.41) is 4.66. The number of imide groups is 1. The van der Waals surface area contributed by atoms with E-state index in [0.717, 1.165) is 12.8 Å². The predicted molar refractivity (Wildman–Crippen MR) is 65.5 cm³/mol. The summed E-state index contributed by atoms with van der Waals surface area (Å²) in [4.78, 5) is 25.0. The molecular weight excluding hydrogens is 220 g/mol. The van der Waals surface area contributed by atoms with Gasteiger partial charge in [-0.2, -0.15) is 0 Å². The zero-order valence-corrected chi connectivity index (χ0v) is 10.5. The lowest BCUT2D eigenvalue weighted by molar-refractivity contribution is -0.126. The van der Waals surface area contributed by atoms with E-state index >= 15 is 0 Å². The highest BCUT2D eigenvalue weighted by molar-refractivity contribution is 5.96. The molecule has 6 heteroatoms. The molecule has 1 atom stereocenters. The van der Waals surface area contributed by atoms with Crippen LogP contribution in [-0.4, -0.2) is 49.1 Å². The summed E-state index contributed by atoms with van der Waals surface area (Å²) in [5.41, 5.74) is 5.56. The number of carbonyl (C=O) groups excluding carboxylic acids is 2. The van der Waals surface area contributed by atoms with Gasteiger partial charge in [0.2, 0.25) is 5.91 Å². The maximum Gasteiger partial charge on any atom is 0.321 e. The summed E-state index contributed by atoms with van der Waals surface area (Å²) >= 11 is 0. The summed E-state index contributed by atoms with van der Waals surface area (Å²) in [6.45, 7) is 3.02. The molecule has 0 aromatic rings. The lowest BCUT2D eigenvalue weighted by Gasteiger charge is -2.40. The van der Waals surface area contributed by atoms with Gasteiger partial charge in [0.05, 0.1) is 6.04 Å². The largest absolute Gasteiger partial charge is 0.341 e. The van der Waals surface area contributed by atoms with E-state index in [1.807, 2.05) is 6.92 Å². The van der Waals surface area contributed by atoms with Crippen molar-refractivity contribution in [1.82, 2.24) is 15.5 Å². The minimum atomic E-state index is -0.469. The van der Waals surface area contributed by atoms with Gasteiger partial charge >= 0.3 is 6.03 Å². The van der Waals surface area contributed by atoms with Crippen LogP contribution in [0.1, 0.15) is 26.2 Å². The number of carbonyl (C=O) groups is 2. The second-order valence-corrected chi connectivity index (χ2v) is 4.36. The van der Waals surface area contributed by atoms with Gasteiger partial charge in [-0.1, -0.05) is 6.42 Å². The molecule has 0 saturated heterocycles. The van der Waals surface area contributed by atoms with Crippen molar-refractivity contribution < 1.29 is 9.59 Å². The number of rotatable bonds is 5. The number of nitrogens with zero attached hydrogens (tertiary/aromatic N) is 1. The number of hydrogen-bond acceptors (Lipinski definition) is 4. The van der Waals surface area contributed by atoms with Gasteiger partial charge in [-0.05, 0) is 19.8 Å². The van der Waals surface area contributed by atoms with Crippen molar-refractivity contribution in [3.8, 4) is 0 Å². The molecule has 1 unspecified atom stereocenters. The van der Waals surface area contributed by atoms with Crippen molar-refractivity contribution in [1.29, 1.82) is 0 Å². The standard InChI is InChI=1S/C11H22N4O2/c1-8(10(16)14-11(17)13-2)15(7-6-12)9-4-3-5-9/h8-9H,3-7,12H2,1-2H3,(H2,13,14,16,17). The molecule has 0 heterocycles. The second-order valence-electron chi connectivity index (χ2n) is 4.36. The molecule has 0 aromatic carbocycles. The average Bonchev–Trinajstić information content (AvgIpc) is 2.24. The van der Waals surface area contributed by atoms with Crippen LogP contribution >= 0.6 is 0 Å². The molecule has 0 bridgehead atoms. The molecule has 4 N–H and O–H groups in total. The first kappa shape index (κ1) is 13.9. The zero-order valence-electron chi connectivity index (χ0n) is 10.5. The van der Waals surface area contributed by atoms with Crippen molar-refractivity contribution in [2.75, 3.05) is 20.1 Å². The average molecular weight is 242 g/mol. The number of nitrogens with two attached hydrogens (primary N) is 1. The predicted octanol–water partition coefficient (Wildman–Crippen LogP) is -0.356. The molecule has 0 spiro atoms. The molecule has 3 amide bonds. The van der Waals surface area contributed by atoms with Gasteiger partial charge in [0.15, 0.2) is 0 Å². The van der Waals surface area contributed by atoms with Crippen molar-refractivity contribution in [3.05, 3.63) is 0 Å². The Labute approximate surface area is 102 Å². The molecule has 1 aliphatic rings. The molecule has 1 saturated carbocycles. The Morgan fingerprint density at radius 3 is 2.53 bits per heavy atom. The van der Waals surface area contributed by atoms with E-state index in [4.69, 9.17) is 5.73 Å². The smallest absolute Gasteiger partial charge is 0.321 e. The van der Waals surface area contributed by atoms with Crippen molar-refractivity contribution in [3.63, 3.8) is 0 Å². The summed E-state index contributed by atoms with van der Waals surface area (Å²) in [6.07, 6.45) is 3.42. The monoisotopic (exact) mass is 242 g/mol. The van der Waals surface area contributed by atoms with Crippen LogP contribution in [0.4, 0.5) is 4.79 Å². The first-order valence-corrected chi connectivity index (χ1v) is 6.08. The van der Waals surface area contributed by atoms with Crippen LogP contribution in [0.2, 0.25) is 0 Å². The third-order valence-electron chi connectivity index (χ3n) is 3.27. The Morgan fingerprint density at radius 1 is 1.47 bits per heavy atom. The minimum Gasteiger partial charge on any atom is -0.341 e. The summed E-state index contributed by atoms with van der Waals surface area (Å²) < 4.78 is 0. The van der Waals surface area contributed by atoms with Crippen LogP contribution in [0, 0.1) is 0 Å². The number of nitrogens with one attached hydrogen (secondary N) is 2. The van der Waals surface area contributed by atoms with Gasteiger partial charge in [-0.25, -0.2) is 4.79 Å². The summed E-state index contributed by atoms with van der Waals surface area (Å²) in [7, 11) is 1.48. The van der Waals surface area contributed by atoms with Crippen LogP contribution in [0.15, 0.2) is 0 Å². The lowest BCUT2D eigenvalue weighted by atomic mass is 9.90. The Bertz CT molecular complexity index is 279. The molecule has 0 aromatic heterocycles. The number of amides is 3. The molecule has 98 valence electrons. The lowest BCUT2D eigenvalue weighted by Crippen LogP contribution is -2.55. The third kappa shape index (κ3) is 3.67. The molecule has 6 nitrogen and oxygen atoms in total. The van der Waals surface area contributed by atoms with Gasteiger partial charge in [0.25, 0.3) is 0 Å². The van der Waals surface area contributed by atoms with Gasteiger partial charge in [-0.15, -0.1) is 0 Å². The Hall–Kier alpha value is -1.14. The molecule has 1 aliphatic carbocycles. The van der Waals surface area contributed by atoms with E-state index in [-0.39, 0.29) is 11.9 Å². The molecule has 0 aliphatic heterocycles. The van der Waals surface area contributed by atoms with Gasteiger partial charge in [-0.3, -0.25) is 15.0 Å². The van der Waals surface area contributed by atoms with E-state index in [1.165, 1.54) is 13.5 Å². The van der Waals surface area contributed by atoms with Crippen LogP contribution in [0.3, 0.4) is 0 Å². The highest BCUT2D eigenvalue weighted by Gasteiger charge is 2.31. The fourth-order valence-electron chi connectivity index (χ4n) is 1.99. The molecule has 1 rings (SSSR count). The highest BCUT2D eigenvalue weighted by atomic mass is 16.2. The quantitative estimate of drug-likeness (QED) is 0.614. The van der Waals surface area contributed by atoms with E-state index in [1.54, 1.807) is 0 Å². The van der Waals surface area contributed by atoms with Gasteiger partial charge in [0.1, 0.15) is 0 Å². The first-order chi connectivity index (χ1) is 8.10.